The number of ether oxygens (including phenoxy) is 1. The first kappa shape index (κ1) is 15.9. The number of hydrogen-bond donors (Lipinski definition) is 1. The highest BCUT2D eigenvalue weighted by Gasteiger charge is 2.22. The van der Waals surface area contributed by atoms with Crippen molar-refractivity contribution in [3.8, 4) is 0 Å². The van der Waals surface area contributed by atoms with Crippen LogP contribution in [0.25, 0.3) is 0 Å². The molecule has 0 aromatic heterocycles. The van der Waals surface area contributed by atoms with Gasteiger partial charge in [0.2, 0.25) is 0 Å². The van der Waals surface area contributed by atoms with Crippen molar-refractivity contribution >= 4 is 9.84 Å². The van der Waals surface area contributed by atoms with Crippen LogP contribution in [0.5, 0.6) is 0 Å². The molecule has 0 bridgehead atoms. The van der Waals surface area contributed by atoms with Crippen LogP contribution in [-0.4, -0.2) is 70.3 Å². The smallest absolute Gasteiger partial charge is 0.150 e. The molecule has 1 rings (SSSR count). The second-order valence-electron chi connectivity index (χ2n) is 4.66. The van der Waals surface area contributed by atoms with E-state index in [0.29, 0.717) is 11.8 Å². The van der Waals surface area contributed by atoms with E-state index >= 15 is 0 Å². The molecule has 1 aliphatic rings. The fraction of sp³-hybridized carbons (Fsp3) is 1.00. The molecule has 18 heavy (non-hydrogen) atoms. The van der Waals surface area contributed by atoms with E-state index in [1.54, 1.807) is 6.92 Å². The van der Waals surface area contributed by atoms with Crippen molar-refractivity contribution in [2.24, 2.45) is 0 Å². The lowest BCUT2D eigenvalue weighted by molar-refractivity contribution is -0.00635. The summed E-state index contributed by atoms with van der Waals surface area (Å²) in [6.07, 6.45) is 0.721. The minimum absolute atomic E-state index is 0.247. The fourth-order valence-corrected chi connectivity index (χ4v) is 2.97. The van der Waals surface area contributed by atoms with Crippen LogP contribution in [0, 0.1) is 0 Å². The Morgan fingerprint density at radius 2 is 2.17 bits per heavy atom. The van der Waals surface area contributed by atoms with Crippen LogP contribution >= 0.6 is 0 Å². The van der Waals surface area contributed by atoms with Crippen molar-refractivity contribution in [1.29, 1.82) is 0 Å². The van der Waals surface area contributed by atoms with Gasteiger partial charge < -0.3 is 10.1 Å². The van der Waals surface area contributed by atoms with E-state index in [4.69, 9.17) is 4.74 Å². The number of rotatable bonds is 8. The van der Waals surface area contributed by atoms with Crippen molar-refractivity contribution < 1.29 is 13.2 Å². The van der Waals surface area contributed by atoms with Crippen molar-refractivity contribution in [2.45, 2.75) is 26.3 Å². The Balaban J connectivity index is 2.33. The summed E-state index contributed by atoms with van der Waals surface area (Å²) in [5, 5.41) is 3.33. The third kappa shape index (κ3) is 5.65. The second-order valence-corrected chi connectivity index (χ2v) is 7.14. The maximum absolute atomic E-state index is 11.4. The molecule has 1 unspecified atom stereocenters. The van der Waals surface area contributed by atoms with Gasteiger partial charge in [0.1, 0.15) is 9.84 Å². The van der Waals surface area contributed by atoms with Crippen molar-refractivity contribution in [3.05, 3.63) is 0 Å². The molecule has 0 aromatic rings. The number of nitrogens with one attached hydrogen (secondary N) is 1. The first-order valence-corrected chi connectivity index (χ1v) is 8.64. The summed E-state index contributed by atoms with van der Waals surface area (Å²) in [6, 6.07) is 0.378. The Morgan fingerprint density at radius 1 is 1.39 bits per heavy atom. The Morgan fingerprint density at radius 3 is 2.83 bits per heavy atom. The number of nitrogens with zero attached hydrogens (tertiary/aromatic N) is 1. The molecular formula is C12H26N2O3S. The summed E-state index contributed by atoms with van der Waals surface area (Å²) in [7, 11) is -2.83. The van der Waals surface area contributed by atoms with Crippen LogP contribution in [0.15, 0.2) is 0 Å². The van der Waals surface area contributed by atoms with Crippen molar-refractivity contribution in [1.82, 2.24) is 10.2 Å². The topological polar surface area (TPSA) is 58.6 Å². The summed E-state index contributed by atoms with van der Waals surface area (Å²) >= 11 is 0. The number of hydrogen-bond acceptors (Lipinski definition) is 5. The Hall–Kier alpha value is -0.170. The third-order valence-corrected chi connectivity index (χ3v) is 5.11. The molecule has 6 heteroatoms. The summed E-state index contributed by atoms with van der Waals surface area (Å²) < 4.78 is 28.4. The molecule has 1 aliphatic heterocycles. The molecule has 0 radical (unpaired) electrons. The van der Waals surface area contributed by atoms with Gasteiger partial charge in [-0.15, -0.1) is 0 Å². The number of morpholine rings is 1. The Labute approximate surface area is 111 Å². The molecule has 0 spiro atoms. The van der Waals surface area contributed by atoms with Gasteiger partial charge in [-0.1, -0.05) is 13.8 Å². The molecule has 1 N–H and O–H groups in total. The molecule has 5 nitrogen and oxygen atoms in total. The average Bonchev–Trinajstić information content (AvgIpc) is 2.37. The number of sulfone groups is 1. The molecule has 0 aromatic carbocycles. The van der Waals surface area contributed by atoms with Gasteiger partial charge in [0.15, 0.2) is 0 Å². The molecule has 0 saturated carbocycles. The quantitative estimate of drug-likeness (QED) is 0.683. The summed E-state index contributed by atoms with van der Waals surface area (Å²) in [5.41, 5.74) is 0. The van der Waals surface area contributed by atoms with E-state index in [1.165, 1.54) is 0 Å². The Bertz CT molecular complexity index is 319. The number of likely N-dealkylation sites (N-methyl/N-ethyl adjacent to an activating group) is 1. The van der Waals surface area contributed by atoms with Crippen LogP contribution in [-0.2, 0) is 14.6 Å². The molecule has 1 heterocycles. The highest BCUT2D eigenvalue weighted by atomic mass is 32.2. The lowest BCUT2D eigenvalue weighted by Gasteiger charge is -2.35. The van der Waals surface area contributed by atoms with E-state index in [1.807, 2.05) is 0 Å². The van der Waals surface area contributed by atoms with Crippen LogP contribution in [0.4, 0.5) is 0 Å². The fourth-order valence-electron chi connectivity index (χ4n) is 2.11. The minimum atomic E-state index is -2.83. The van der Waals surface area contributed by atoms with E-state index < -0.39 is 9.84 Å². The van der Waals surface area contributed by atoms with Gasteiger partial charge >= 0.3 is 0 Å². The molecule has 1 saturated heterocycles. The van der Waals surface area contributed by atoms with Gasteiger partial charge in [-0.2, -0.15) is 0 Å². The van der Waals surface area contributed by atoms with Crippen LogP contribution < -0.4 is 5.32 Å². The van der Waals surface area contributed by atoms with Gasteiger partial charge in [-0.25, -0.2) is 8.42 Å². The normalized spacial score (nSPS) is 22.2. The molecule has 0 aliphatic carbocycles. The van der Waals surface area contributed by atoms with E-state index in [0.717, 1.165) is 45.8 Å². The maximum Gasteiger partial charge on any atom is 0.150 e. The van der Waals surface area contributed by atoms with Gasteiger partial charge in [0.25, 0.3) is 0 Å². The monoisotopic (exact) mass is 278 g/mol. The first-order chi connectivity index (χ1) is 8.59. The van der Waals surface area contributed by atoms with Crippen molar-refractivity contribution in [2.75, 3.05) is 50.9 Å². The predicted molar refractivity (Wildman–Crippen MR) is 73.7 cm³/mol. The van der Waals surface area contributed by atoms with E-state index in [2.05, 4.69) is 17.1 Å². The van der Waals surface area contributed by atoms with Crippen LogP contribution in [0.2, 0.25) is 0 Å². The molecule has 1 atom stereocenters. The highest BCUT2D eigenvalue weighted by molar-refractivity contribution is 7.91. The van der Waals surface area contributed by atoms with E-state index in [9.17, 15) is 8.42 Å². The second kappa shape index (κ2) is 8.09. The van der Waals surface area contributed by atoms with E-state index in [-0.39, 0.29) is 5.75 Å². The minimum Gasteiger partial charge on any atom is -0.378 e. The summed E-state index contributed by atoms with van der Waals surface area (Å²) in [6.45, 7) is 8.91. The zero-order valence-corrected chi connectivity index (χ0v) is 12.3. The molecular weight excluding hydrogens is 252 g/mol. The standard InChI is InChI=1S/C12H26N2O3S/c1-3-13-10-12-11-17-8-7-14(12)6-5-9-18(15,16)4-2/h12-13H,3-11H2,1-2H3. The summed E-state index contributed by atoms with van der Waals surface area (Å²) in [5.74, 6) is 0.547. The van der Waals surface area contributed by atoms with Gasteiger partial charge in [-0.05, 0) is 19.5 Å². The largest absolute Gasteiger partial charge is 0.378 e. The van der Waals surface area contributed by atoms with Crippen LogP contribution in [0.1, 0.15) is 20.3 Å². The van der Waals surface area contributed by atoms with Gasteiger partial charge in [-0.3, -0.25) is 4.90 Å². The zero-order valence-electron chi connectivity index (χ0n) is 11.5. The highest BCUT2D eigenvalue weighted by Crippen LogP contribution is 2.07. The lowest BCUT2D eigenvalue weighted by Crippen LogP contribution is -2.50. The SMILES string of the molecule is CCNCC1COCCN1CCCS(=O)(=O)CC. The Kier molecular flexibility index (Phi) is 7.14. The first-order valence-electron chi connectivity index (χ1n) is 6.82. The molecule has 0 amide bonds. The zero-order chi connectivity index (χ0) is 13.4. The average molecular weight is 278 g/mol. The molecule has 1 fully saturated rings. The maximum atomic E-state index is 11.4. The third-order valence-electron chi connectivity index (χ3n) is 3.32. The van der Waals surface area contributed by atoms with Gasteiger partial charge in [0.05, 0.1) is 19.0 Å². The van der Waals surface area contributed by atoms with Gasteiger partial charge in [0, 0.05) is 24.9 Å². The predicted octanol–water partition coefficient (Wildman–Crippen LogP) is 0.122. The summed E-state index contributed by atoms with van der Waals surface area (Å²) in [4.78, 5) is 2.34. The van der Waals surface area contributed by atoms with Crippen molar-refractivity contribution in [3.63, 3.8) is 0 Å². The van der Waals surface area contributed by atoms with Crippen LogP contribution in [0.3, 0.4) is 0 Å². The lowest BCUT2D eigenvalue weighted by atomic mass is 10.2. The molecule has 108 valence electrons.